The number of carboxylic acids is 3. The summed E-state index contributed by atoms with van der Waals surface area (Å²) in [6, 6.07) is 9.56. The number of carbonyl (C=O) groups is 5. The Morgan fingerprint density at radius 3 is 1.90 bits per heavy atom. The average molecular weight is 1050 g/mol. The number of hydrogen-bond donors (Lipinski definition) is 8. The Hall–Kier alpha value is -6.56. The summed E-state index contributed by atoms with van der Waals surface area (Å²) in [5, 5.41) is 29.3. The summed E-state index contributed by atoms with van der Waals surface area (Å²) < 4.78 is 141. The number of nitrogens with zero attached hydrogens (tertiary/aromatic N) is 2. The maximum Gasteiger partial charge on any atom is 0.416 e. The molecule has 0 aliphatic rings. The monoisotopic (exact) mass is 1050 g/mol. The van der Waals surface area contributed by atoms with Crippen LogP contribution in [-0.2, 0) is 35.1 Å². The van der Waals surface area contributed by atoms with Gasteiger partial charge in [0.25, 0.3) is 10.0 Å². The number of esters is 1. The molecule has 0 bridgehead atoms. The number of carbonyl (C=O) groups excluding carboxylic acids is 2. The summed E-state index contributed by atoms with van der Waals surface area (Å²) >= 11 is 11.7. The Balaban J connectivity index is 0.000000384. The van der Waals surface area contributed by atoms with Gasteiger partial charge in [-0.1, -0.05) is 35.3 Å². The summed E-state index contributed by atoms with van der Waals surface area (Å²) in [6.07, 6.45) is -6.55. The van der Waals surface area contributed by atoms with Crippen LogP contribution in [0.3, 0.4) is 0 Å². The number of anilines is 1. The number of rotatable bonds is 17. The lowest BCUT2D eigenvalue weighted by molar-refractivity contribution is -0.146. The molecule has 1 atom stereocenters. The number of aliphatic carboxylic acids is 2. The van der Waals surface area contributed by atoms with Crippen LogP contribution in [0.15, 0.2) is 71.6 Å². The molecule has 0 radical (unpaired) electrons. The van der Waals surface area contributed by atoms with Crippen LogP contribution in [0.2, 0.25) is 10.0 Å². The van der Waals surface area contributed by atoms with Crippen LogP contribution in [0.4, 0.5) is 41.5 Å². The highest BCUT2D eigenvalue weighted by Gasteiger charge is 2.31. The predicted molar refractivity (Wildman–Crippen MR) is 211 cm³/mol. The Labute approximate surface area is 379 Å². The van der Waals surface area contributed by atoms with E-state index in [1.165, 1.54) is 29.0 Å². The van der Waals surface area contributed by atoms with Crippen LogP contribution < -0.4 is 29.6 Å². The molecule has 0 aliphatic carbocycles. The normalized spacial score (nSPS) is 11.7. The van der Waals surface area contributed by atoms with E-state index in [1.54, 1.807) is 5.32 Å². The summed E-state index contributed by atoms with van der Waals surface area (Å²) in [5.41, 5.74) is -1.76. The predicted octanol–water partition coefficient (Wildman–Crippen LogP) is 6.12. The van der Waals surface area contributed by atoms with Crippen molar-refractivity contribution in [3.63, 3.8) is 0 Å². The van der Waals surface area contributed by atoms with Crippen molar-refractivity contribution >= 4 is 76.7 Å². The number of aromatic nitrogens is 2. The zero-order chi connectivity index (χ0) is 51.0. The molecule has 0 unspecified atom stereocenters. The lowest BCUT2D eigenvalue weighted by atomic mass is 10.2. The fraction of sp³-hybridized carbons (Fsp3) is 0.206. The van der Waals surface area contributed by atoms with Gasteiger partial charge < -0.3 is 44.1 Å². The molecular weight excluding hydrogens is 1020 g/mol. The first-order valence-corrected chi connectivity index (χ1v) is 21.1. The van der Waals surface area contributed by atoms with Crippen molar-refractivity contribution in [1.29, 1.82) is 0 Å². The van der Waals surface area contributed by atoms with Crippen molar-refractivity contribution in [1.82, 2.24) is 20.0 Å². The maximum absolute atomic E-state index is 12.7. The molecule has 4 aromatic rings. The first-order valence-electron chi connectivity index (χ1n) is 17.1. The summed E-state index contributed by atoms with van der Waals surface area (Å²) in [7, 11) is -8.81. The van der Waals surface area contributed by atoms with Crippen molar-refractivity contribution in [3.05, 3.63) is 93.5 Å². The molecule has 0 saturated carbocycles. The largest absolute Gasteiger partial charge is 0.480 e. The van der Waals surface area contributed by atoms with Gasteiger partial charge in [-0.2, -0.15) is 40.7 Å². The molecule has 0 aliphatic heterocycles. The van der Waals surface area contributed by atoms with Crippen molar-refractivity contribution in [2.24, 2.45) is 0 Å². The molecule has 1 heterocycles. The second kappa shape index (κ2) is 24.8. The van der Waals surface area contributed by atoms with Gasteiger partial charge in [0.15, 0.2) is 6.10 Å². The lowest BCUT2D eigenvalue weighted by Crippen LogP contribution is -2.35. The van der Waals surface area contributed by atoms with Crippen LogP contribution >= 0.6 is 30.8 Å². The molecule has 3 aromatic carbocycles. The van der Waals surface area contributed by atoms with E-state index in [4.69, 9.17) is 57.8 Å². The molecule has 22 nitrogen and oxygen atoms in total. The number of aromatic carboxylic acids is 1. The van der Waals surface area contributed by atoms with Crippen LogP contribution in [0.25, 0.3) is 0 Å². The minimum atomic E-state index is -4.71. The second-order valence-corrected chi connectivity index (χ2v) is 16.0. The van der Waals surface area contributed by atoms with Crippen molar-refractivity contribution in [2.75, 3.05) is 18.1 Å². The molecular formula is C34H29Cl2F7N5O17PS. The number of hydrogen-bond acceptors (Lipinski definition) is 15. The van der Waals surface area contributed by atoms with Crippen LogP contribution in [0, 0.1) is 0 Å². The highest BCUT2D eigenvalue weighted by molar-refractivity contribution is 7.90. The molecule has 0 saturated heterocycles. The van der Waals surface area contributed by atoms with E-state index in [9.17, 15) is 67.7 Å². The topological polar surface area (TPSA) is 336 Å². The summed E-state index contributed by atoms with van der Waals surface area (Å²) in [6.45, 7) is -6.09. The number of halogens is 9. The first kappa shape index (κ1) is 56.6. The molecule has 366 valence electrons. The Morgan fingerprint density at radius 2 is 1.40 bits per heavy atom. The molecule has 8 N–H and O–H groups in total. The minimum absolute atomic E-state index is 0.0246. The van der Waals surface area contributed by atoms with Crippen molar-refractivity contribution < 1.29 is 112 Å². The summed E-state index contributed by atoms with van der Waals surface area (Å²) in [4.78, 5) is 77.8. The van der Waals surface area contributed by atoms with E-state index in [0.717, 1.165) is 37.3 Å². The molecule has 67 heavy (non-hydrogen) atoms. The van der Waals surface area contributed by atoms with E-state index in [0.29, 0.717) is 12.1 Å². The quantitative estimate of drug-likeness (QED) is 0.0335. The van der Waals surface area contributed by atoms with Gasteiger partial charge >= 0.3 is 56.9 Å². The van der Waals surface area contributed by atoms with E-state index in [1.807, 2.05) is 0 Å². The third kappa shape index (κ3) is 20.2. The Bertz CT molecular complexity index is 2570. The van der Waals surface area contributed by atoms with E-state index < -0.39 is 120 Å². The SMILES string of the molecule is C[C@H](OC(=O)c1cc(Oc2ccc(C(F)(F)F)cc2Cl)ccc1Cl)C(=O)O.O=C(Nc1nc(OC(F)F)cc(OC(F)F)n1)NS(=O)(=O)c1ccccc1C(=O)O.O=C(O)CNCP(=O)(O)O. The standard InChI is InChI=1S/C17H11Cl2F3O5.C14H10F4N4O7S.C3H8NO5P/c1-8(15(23)24)26-16(25)11-7-10(3-4-12(11)18)27-14-5-2-9(6-13(14)19)17(20,21)22;15-11(16)28-8-5-9(29-12(17)18)20-13(19-8)21-14(25)22-30(26,27)7-4-2-1-3-6(7)10(23)24;5-3(6)1-4-2-10(7,8)9/h2-8H,1H3,(H,23,24);1-5,11-12H,(H,23,24)(H2,19,20,21,22,25);4H,1-2H2,(H,5,6)(H2,7,8,9)/t8-;;/m0../s1. The minimum Gasteiger partial charge on any atom is -0.480 e. The van der Waals surface area contributed by atoms with Gasteiger partial charge in [-0.05, 0) is 55.5 Å². The van der Waals surface area contributed by atoms with Gasteiger partial charge in [-0.3, -0.25) is 20.0 Å². The van der Waals surface area contributed by atoms with Gasteiger partial charge in [0.2, 0.25) is 17.7 Å². The number of benzene rings is 3. The second-order valence-electron chi connectivity index (χ2n) is 11.9. The zero-order valence-corrected chi connectivity index (χ0v) is 36.0. The number of ether oxygens (including phenoxy) is 4. The van der Waals surface area contributed by atoms with Gasteiger partial charge in [-0.15, -0.1) is 0 Å². The third-order valence-electron chi connectivity index (χ3n) is 6.83. The van der Waals surface area contributed by atoms with Crippen LogP contribution in [0.1, 0.15) is 33.2 Å². The Morgan fingerprint density at radius 1 is 0.821 bits per heavy atom. The van der Waals surface area contributed by atoms with Crippen molar-refractivity contribution in [3.8, 4) is 23.3 Å². The molecule has 0 fully saturated rings. The number of alkyl halides is 7. The fourth-order valence-corrected chi connectivity index (χ4v) is 6.06. The Kier molecular flexibility index (Phi) is 21.0. The van der Waals surface area contributed by atoms with Crippen molar-refractivity contribution in [2.45, 2.75) is 37.3 Å². The van der Waals surface area contributed by atoms with Gasteiger partial charge in [0.1, 0.15) is 16.4 Å². The van der Waals surface area contributed by atoms with Crippen LogP contribution in [0.5, 0.6) is 23.3 Å². The number of amides is 2. The smallest absolute Gasteiger partial charge is 0.416 e. The van der Waals surface area contributed by atoms with Gasteiger partial charge in [0.05, 0.1) is 45.6 Å². The molecule has 33 heteroatoms. The molecule has 0 spiro atoms. The van der Waals surface area contributed by atoms with Gasteiger partial charge in [0, 0.05) is 0 Å². The third-order valence-corrected chi connectivity index (χ3v) is 9.48. The number of urea groups is 1. The maximum atomic E-state index is 12.7. The van der Waals surface area contributed by atoms with E-state index in [2.05, 4.69) is 24.8 Å². The van der Waals surface area contributed by atoms with E-state index in [-0.39, 0.29) is 27.1 Å². The first-order chi connectivity index (χ1) is 30.9. The fourth-order valence-electron chi connectivity index (χ4n) is 4.14. The molecule has 1 aromatic heterocycles. The summed E-state index contributed by atoms with van der Waals surface area (Å²) in [5.74, 6) is -7.99. The molecule has 4 rings (SSSR count). The number of carboxylic acid groups (broad SMARTS) is 3. The average Bonchev–Trinajstić information content (AvgIpc) is 3.17. The van der Waals surface area contributed by atoms with E-state index >= 15 is 0 Å². The number of nitrogens with one attached hydrogen (secondary N) is 3. The zero-order valence-electron chi connectivity index (χ0n) is 32.8. The highest BCUT2D eigenvalue weighted by Crippen LogP contribution is 2.37. The number of sulfonamides is 1. The lowest BCUT2D eigenvalue weighted by Gasteiger charge is -2.13. The van der Waals surface area contributed by atoms with Gasteiger partial charge in [-0.25, -0.2) is 32.3 Å². The molecule has 2 amide bonds. The van der Waals surface area contributed by atoms with Crippen LogP contribution in [-0.4, -0.2) is 106 Å². The highest BCUT2D eigenvalue weighted by atomic mass is 35.5.